The molecule has 0 aliphatic heterocycles. The van der Waals surface area contributed by atoms with E-state index in [2.05, 4.69) is 4.98 Å². The predicted octanol–water partition coefficient (Wildman–Crippen LogP) is 5.00. The molecule has 0 unspecified atom stereocenters. The molecule has 0 spiro atoms. The number of rotatable bonds is 3. The summed E-state index contributed by atoms with van der Waals surface area (Å²) >= 11 is 6.25. The summed E-state index contributed by atoms with van der Waals surface area (Å²) in [6.45, 7) is 0. The summed E-state index contributed by atoms with van der Waals surface area (Å²) in [4.78, 5) is 16.9. The van der Waals surface area contributed by atoms with E-state index in [9.17, 15) is 4.79 Å². The maximum Gasteiger partial charge on any atom is 0.278 e. The van der Waals surface area contributed by atoms with Crippen LogP contribution in [0.2, 0.25) is 5.02 Å². The summed E-state index contributed by atoms with van der Waals surface area (Å²) in [6.07, 6.45) is 0.643. The molecule has 0 saturated carbocycles. The minimum atomic E-state index is -0.232. The number of benzene rings is 3. The average Bonchev–Trinajstić information content (AvgIpc) is 2.78. The molecule has 4 heteroatoms. The summed E-state index contributed by atoms with van der Waals surface area (Å²) in [6, 6.07) is 21.0. The van der Waals surface area contributed by atoms with Gasteiger partial charge in [-0.25, -0.2) is 4.98 Å². The lowest BCUT2D eigenvalue weighted by Crippen LogP contribution is -2.01. The van der Waals surface area contributed by atoms with Crippen LogP contribution < -0.4 is 10.3 Å². The molecular weight excluding hydrogens is 346 g/mol. The molecule has 1 heterocycles. The first-order valence-electron chi connectivity index (χ1n) is 8.30. The molecule has 26 heavy (non-hydrogen) atoms. The highest BCUT2D eigenvalue weighted by molar-refractivity contribution is 6.31. The third kappa shape index (κ3) is 3.02. The predicted molar refractivity (Wildman–Crippen MR) is 106 cm³/mol. The van der Waals surface area contributed by atoms with E-state index in [1.807, 2.05) is 54.6 Å². The average molecular weight is 362 g/mol. The standard InChI is InChI=1S/C22H16ClNO2/c1-26-16-6-4-5-14(11-16)12-19-17-7-2-3-8-18(17)22(25)24-21-10-9-15(23)13-20(19)21/h2-11,13H,12H2,1H3. The van der Waals surface area contributed by atoms with Crippen LogP contribution >= 0.6 is 11.6 Å². The lowest BCUT2D eigenvalue weighted by Gasteiger charge is -2.08. The summed E-state index contributed by atoms with van der Waals surface area (Å²) in [5, 5.41) is 3.01. The number of fused-ring (bicyclic) bond motifs is 2. The molecule has 0 fully saturated rings. The van der Waals surface area contributed by atoms with Gasteiger partial charge in [0.1, 0.15) is 5.75 Å². The summed E-state index contributed by atoms with van der Waals surface area (Å²) in [5.74, 6) is 0.803. The van der Waals surface area contributed by atoms with Gasteiger partial charge in [-0.15, -0.1) is 0 Å². The highest BCUT2D eigenvalue weighted by atomic mass is 35.5. The van der Waals surface area contributed by atoms with Gasteiger partial charge < -0.3 is 4.74 Å². The molecule has 128 valence electrons. The third-order valence-electron chi connectivity index (χ3n) is 4.50. The number of hydrogen-bond donors (Lipinski definition) is 0. The third-order valence-corrected chi connectivity index (χ3v) is 4.74. The minimum absolute atomic E-state index is 0.232. The van der Waals surface area contributed by atoms with Crippen molar-refractivity contribution in [1.29, 1.82) is 0 Å². The van der Waals surface area contributed by atoms with Crippen LogP contribution in [-0.2, 0) is 6.42 Å². The zero-order valence-electron chi connectivity index (χ0n) is 14.2. The van der Waals surface area contributed by atoms with E-state index in [1.54, 1.807) is 19.2 Å². The molecule has 0 aliphatic carbocycles. The van der Waals surface area contributed by atoms with Gasteiger partial charge in [-0.05, 0) is 59.3 Å². The minimum Gasteiger partial charge on any atom is -0.497 e. The molecule has 0 amide bonds. The molecule has 0 atom stereocenters. The van der Waals surface area contributed by atoms with Gasteiger partial charge in [-0.1, -0.05) is 41.9 Å². The number of nitrogens with zero attached hydrogens (tertiary/aromatic N) is 1. The molecular formula is C22H16ClNO2. The molecule has 3 aromatic carbocycles. The molecule has 0 N–H and O–H groups in total. The van der Waals surface area contributed by atoms with E-state index in [0.717, 1.165) is 27.6 Å². The van der Waals surface area contributed by atoms with Crippen LogP contribution in [0.25, 0.3) is 21.7 Å². The first-order valence-corrected chi connectivity index (χ1v) is 8.67. The summed E-state index contributed by atoms with van der Waals surface area (Å²) in [5.41, 5.74) is 2.54. The topological polar surface area (TPSA) is 39.2 Å². The molecule has 3 nitrogen and oxygen atoms in total. The fourth-order valence-electron chi connectivity index (χ4n) is 3.27. The summed E-state index contributed by atoms with van der Waals surface area (Å²) < 4.78 is 5.34. The Morgan fingerprint density at radius 3 is 2.54 bits per heavy atom. The highest BCUT2D eigenvalue weighted by Crippen LogP contribution is 2.28. The van der Waals surface area contributed by atoms with Gasteiger partial charge >= 0.3 is 0 Å². The van der Waals surface area contributed by atoms with Crippen LogP contribution in [0.3, 0.4) is 0 Å². The quantitative estimate of drug-likeness (QED) is 0.515. The van der Waals surface area contributed by atoms with Crippen LogP contribution in [0.15, 0.2) is 71.5 Å². The van der Waals surface area contributed by atoms with Crippen molar-refractivity contribution in [3.05, 3.63) is 93.2 Å². The van der Waals surface area contributed by atoms with Gasteiger partial charge in [0.25, 0.3) is 5.56 Å². The zero-order valence-corrected chi connectivity index (χ0v) is 15.0. The van der Waals surface area contributed by atoms with Gasteiger partial charge in [-0.2, -0.15) is 0 Å². The van der Waals surface area contributed by atoms with Gasteiger partial charge in [-0.3, -0.25) is 4.79 Å². The number of halogens is 1. The van der Waals surface area contributed by atoms with Gasteiger partial charge in [0.2, 0.25) is 0 Å². The maximum atomic E-state index is 12.6. The monoisotopic (exact) mass is 361 g/mol. The van der Waals surface area contributed by atoms with E-state index >= 15 is 0 Å². The van der Waals surface area contributed by atoms with Crippen LogP contribution in [-0.4, -0.2) is 12.1 Å². The molecule has 4 rings (SSSR count). The Bertz CT molecular complexity index is 1190. The van der Waals surface area contributed by atoms with Crippen LogP contribution in [0, 0.1) is 0 Å². The smallest absolute Gasteiger partial charge is 0.278 e. The van der Waals surface area contributed by atoms with E-state index in [1.165, 1.54) is 0 Å². The number of aromatic nitrogens is 1. The first-order chi connectivity index (χ1) is 12.7. The Labute approximate surface area is 155 Å². The Hall–Kier alpha value is -2.91. The number of ether oxygens (including phenoxy) is 1. The molecule has 0 bridgehead atoms. The van der Waals surface area contributed by atoms with Gasteiger partial charge in [0.05, 0.1) is 12.6 Å². The van der Waals surface area contributed by atoms with Crippen molar-refractivity contribution in [3.63, 3.8) is 0 Å². The normalized spacial score (nSPS) is 11.0. The van der Waals surface area contributed by atoms with E-state index in [0.29, 0.717) is 22.3 Å². The maximum absolute atomic E-state index is 12.6. The zero-order chi connectivity index (χ0) is 18.1. The van der Waals surface area contributed by atoms with E-state index in [4.69, 9.17) is 16.3 Å². The van der Waals surface area contributed by atoms with Crippen molar-refractivity contribution >= 4 is 33.3 Å². The Balaban J connectivity index is 2.08. The van der Waals surface area contributed by atoms with Crippen molar-refractivity contribution in [2.45, 2.75) is 6.42 Å². The van der Waals surface area contributed by atoms with E-state index in [-0.39, 0.29) is 5.56 Å². The Kier molecular flexibility index (Phi) is 4.31. The molecule has 1 aromatic heterocycles. The Morgan fingerprint density at radius 1 is 0.923 bits per heavy atom. The largest absolute Gasteiger partial charge is 0.497 e. The second-order valence-corrected chi connectivity index (χ2v) is 6.57. The molecule has 0 radical (unpaired) electrons. The van der Waals surface area contributed by atoms with Crippen molar-refractivity contribution in [2.75, 3.05) is 7.11 Å². The lowest BCUT2D eigenvalue weighted by atomic mass is 9.97. The highest BCUT2D eigenvalue weighted by Gasteiger charge is 2.11. The van der Waals surface area contributed by atoms with Crippen molar-refractivity contribution in [3.8, 4) is 5.75 Å². The van der Waals surface area contributed by atoms with Crippen LogP contribution in [0.4, 0.5) is 0 Å². The molecule has 0 aliphatic rings. The van der Waals surface area contributed by atoms with Crippen LogP contribution in [0.5, 0.6) is 5.75 Å². The SMILES string of the molecule is COc1cccc(Cc2c3cc(Cl)ccc3nc(=O)c3ccccc23)c1. The molecule has 4 aromatic rings. The molecule has 0 saturated heterocycles. The fourth-order valence-corrected chi connectivity index (χ4v) is 3.44. The van der Waals surface area contributed by atoms with Gasteiger partial charge in [0.15, 0.2) is 0 Å². The van der Waals surface area contributed by atoms with Gasteiger partial charge in [0, 0.05) is 15.8 Å². The van der Waals surface area contributed by atoms with E-state index < -0.39 is 0 Å². The fraction of sp³-hybridized carbons (Fsp3) is 0.0909. The summed E-state index contributed by atoms with van der Waals surface area (Å²) in [7, 11) is 1.65. The Morgan fingerprint density at radius 2 is 1.73 bits per heavy atom. The van der Waals surface area contributed by atoms with Crippen molar-refractivity contribution in [1.82, 2.24) is 4.98 Å². The first kappa shape index (κ1) is 16.6. The second kappa shape index (κ2) is 6.77. The van der Waals surface area contributed by atoms with Crippen molar-refractivity contribution in [2.24, 2.45) is 0 Å². The second-order valence-electron chi connectivity index (χ2n) is 6.13. The van der Waals surface area contributed by atoms with Crippen LogP contribution in [0.1, 0.15) is 11.1 Å². The van der Waals surface area contributed by atoms with Crippen molar-refractivity contribution < 1.29 is 4.74 Å². The number of hydrogen-bond acceptors (Lipinski definition) is 3. The lowest BCUT2D eigenvalue weighted by molar-refractivity contribution is 0.414. The number of methoxy groups -OCH3 is 1.